The fourth-order valence-electron chi connectivity index (χ4n) is 1.92. The number of carbonyl (C=O) groups is 2. The number of rotatable bonds is 3. The van der Waals surface area contributed by atoms with Crippen molar-refractivity contribution in [3.8, 4) is 0 Å². The molecule has 0 radical (unpaired) electrons. The number of carbonyl (C=O) groups excluding carboxylic acids is 1. The van der Waals surface area contributed by atoms with Gasteiger partial charge in [0, 0.05) is 12.8 Å². The number of nitrogens with zero attached hydrogens (tertiary/aromatic N) is 4. The Morgan fingerprint density at radius 1 is 1.68 bits per heavy atom. The zero-order chi connectivity index (χ0) is 14.0. The number of thioether (sulfide) groups is 1. The summed E-state index contributed by atoms with van der Waals surface area (Å²) in [5, 5.41) is 15.4. The third-order valence-corrected chi connectivity index (χ3v) is 4.12. The average molecular weight is 285 g/mol. The zero-order valence-corrected chi connectivity index (χ0v) is 11.4. The monoisotopic (exact) mass is 285 g/mol. The van der Waals surface area contributed by atoms with Gasteiger partial charge in [-0.3, -0.25) is 10.00 Å². The molecule has 2 amide bonds. The summed E-state index contributed by atoms with van der Waals surface area (Å²) in [6, 6.07) is -1.09. The van der Waals surface area contributed by atoms with Gasteiger partial charge in [-0.05, 0) is 6.92 Å². The number of hydrogen-bond donors (Lipinski definition) is 2. The second kappa shape index (κ2) is 5.47. The Bertz CT molecular complexity index is 466. The summed E-state index contributed by atoms with van der Waals surface area (Å²) in [7, 11) is 1.61. The van der Waals surface area contributed by atoms with Gasteiger partial charge in [0.15, 0.2) is 0 Å². The topological polar surface area (TPSA) is 102 Å². The first-order chi connectivity index (χ1) is 9.00. The lowest BCUT2D eigenvalue weighted by molar-refractivity contribution is -0.141. The van der Waals surface area contributed by atoms with E-state index in [1.165, 1.54) is 27.9 Å². The van der Waals surface area contributed by atoms with Crippen LogP contribution in [0.5, 0.6) is 0 Å². The third kappa shape index (κ3) is 2.80. The summed E-state index contributed by atoms with van der Waals surface area (Å²) in [5.74, 6) is -0.00114. The SMILES string of the molecule is CC1SCC(C(=O)O)N1C(=O)N(C)Cc1ncn[nH]1. The van der Waals surface area contributed by atoms with Gasteiger partial charge in [-0.2, -0.15) is 5.10 Å². The van der Waals surface area contributed by atoms with Crippen molar-refractivity contribution in [2.45, 2.75) is 24.9 Å². The predicted octanol–water partition coefficient (Wildman–Crippen LogP) is 0.204. The molecule has 0 aromatic carbocycles. The molecule has 1 saturated heterocycles. The van der Waals surface area contributed by atoms with Crippen molar-refractivity contribution < 1.29 is 14.7 Å². The minimum atomic E-state index is -0.974. The van der Waals surface area contributed by atoms with E-state index in [9.17, 15) is 9.59 Å². The quantitative estimate of drug-likeness (QED) is 0.822. The third-order valence-electron chi connectivity index (χ3n) is 2.91. The van der Waals surface area contributed by atoms with Gasteiger partial charge in [0.05, 0.1) is 11.9 Å². The van der Waals surface area contributed by atoms with Crippen LogP contribution in [0.2, 0.25) is 0 Å². The van der Waals surface area contributed by atoms with Crippen molar-refractivity contribution >= 4 is 23.8 Å². The predicted molar refractivity (Wildman–Crippen MR) is 68.4 cm³/mol. The van der Waals surface area contributed by atoms with E-state index in [0.717, 1.165) is 0 Å². The Kier molecular flexibility index (Phi) is 3.93. The molecule has 0 saturated carbocycles. The molecule has 2 atom stereocenters. The number of carboxylic acids is 1. The molecule has 0 spiro atoms. The van der Waals surface area contributed by atoms with Crippen LogP contribution in [0.15, 0.2) is 6.33 Å². The maximum absolute atomic E-state index is 12.3. The molecule has 1 fully saturated rings. The van der Waals surface area contributed by atoms with Crippen molar-refractivity contribution in [3.05, 3.63) is 12.2 Å². The Hall–Kier alpha value is -1.77. The first-order valence-corrected chi connectivity index (χ1v) is 6.77. The van der Waals surface area contributed by atoms with E-state index in [-0.39, 0.29) is 17.9 Å². The van der Waals surface area contributed by atoms with Gasteiger partial charge >= 0.3 is 12.0 Å². The number of urea groups is 1. The number of aromatic nitrogens is 3. The number of amides is 2. The molecule has 1 aromatic heterocycles. The van der Waals surface area contributed by atoms with Crippen LogP contribution in [0.1, 0.15) is 12.7 Å². The first kappa shape index (κ1) is 13.7. The highest BCUT2D eigenvalue weighted by Crippen LogP contribution is 2.29. The largest absolute Gasteiger partial charge is 0.480 e. The molecule has 1 aliphatic heterocycles. The van der Waals surface area contributed by atoms with Crippen LogP contribution in [0.4, 0.5) is 4.79 Å². The van der Waals surface area contributed by atoms with Gasteiger partial charge in [0.2, 0.25) is 0 Å². The molecule has 9 heteroatoms. The second-order valence-electron chi connectivity index (χ2n) is 4.26. The molecule has 0 aliphatic carbocycles. The number of aromatic amines is 1. The highest BCUT2D eigenvalue weighted by atomic mass is 32.2. The molecule has 8 nitrogen and oxygen atoms in total. The van der Waals surface area contributed by atoms with Crippen molar-refractivity contribution in [1.29, 1.82) is 0 Å². The van der Waals surface area contributed by atoms with Gasteiger partial charge < -0.3 is 10.0 Å². The molecule has 2 heterocycles. The minimum Gasteiger partial charge on any atom is -0.480 e. The van der Waals surface area contributed by atoms with Crippen LogP contribution in [0.25, 0.3) is 0 Å². The number of aliphatic carboxylic acids is 1. The average Bonchev–Trinajstić information content (AvgIpc) is 2.97. The fourth-order valence-corrected chi connectivity index (χ4v) is 3.08. The van der Waals surface area contributed by atoms with Crippen LogP contribution in [0, 0.1) is 0 Å². The summed E-state index contributed by atoms with van der Waals surface area (Å²) in [6.45, 7) is 2.09. The Labute approximate surface area is 114 Å². The maximum atomic E-state index is 12.3. The smallest absolute Gasteiger partial charge is 0.327 e. The molecular formula is C10H15N5O3S. The van der Waals surface area contributed by atoms with E-state index in [1.54, 1.807) is 7.05 Å². The van der Waals surface area contributed by atoms with E-state index >= 15 is 0 Å². The lowest BCUT2D eigenvalue weighted by atomic mass is 10.3. The molecule has 104 valence electrons. The minimum absolute atomic E-state index is 0.147. The number of carboxylic acid groups (broad SMARTS) is 1. The van der Waals surface area contributed by atoms with Gasteiger partial charge in [-0.15, -0.1) is 11.8 Å². The lowest BCUT2D eigenvalue weighted by Crippen LogP contribution is -2.49. The van der Waals surface area contributed by atoms with Gasteiger partial charge in [0.1, 0.15) is 18.2 Å². The van der Waals surface area contributed by atoms with Crippen LogP contribution in [0.3, 0.4) is 0 Å². The van der Waals surface area contributed by atoms with E-state index in [0.29, 0.717) is 11.6 Å². The summed E-state index contributed by atoms with van der Waals surface area (Å²) < 4.78 is 0. The standard InChI is InChI=1S/C10H15N5O3S/c1-6-15(7(4-19-6)9(16)17)10(18)14(2)3-8-11-5-12-13-8/h5-7H,3-4H2,1-2H3,(H,16,17)(H,11,12,13). The van der Waals surface area contributed by atoms with E-state index in [1.807, 2.05) is 6.92 Å². The molecule has 2 N–H and O–H groups in total. The van der Waals surface area contributed by atoms with Crippen LogP contribution in [-0.4, -0.2) is 66.3 Å². The van der Waals surface area contributed by atoms with Crippen molar-refractivity contribution in [3.63, 3.8) is 0 Å². The summed E-state index contributed by atoms with van der Waals surface area (Å²) in [5.41, 5.74) is 0. The number of H-pyrrole nitrogens is 1. The first-order valence-electron chi connectivity index (χ1n) is 5.72. The van der Waals surface area contributed by atoms with Crippen molar-refractivity contribution in [1.82, 2.24) is 25.0 Å². The Morgan fingerprint density at radius 2 is 2.42 bits per heavy atom. The number of nitrogens with one attached hydrogen (secondary N) is 1. The van der Waals surface area contributed by atoms with E-state index in [4.69, 9.17) is 5.11 Å². The van der Waals surface area contributed by atoms with Crippen molar-refractivity contribution in [2.75, 3.05) is 12.8 Å². The highest BCUT2D eigenvalue weighted by Gasteiger charge is 2.40. The highest BCUT2D eigenvalue weighted by molar-refractivity contribution is 8.00. The van der Waals surface area contributed by atoms with E-state index in [2.05, 4.69) is 15.2 Å². The molecular weight excluding hydrogens is 270 g/mol. The maximum Gasteiger partial charge on any atom is 0.327 e. The summed E-state index contributed by atoms with van der Waals surface area (Å²) in [6.07, 6.45) is 1.36. The Balaban J connectivity index is 2.06. The molecule has 1 aliphatic rings. The fraction of sp³-hybridized carbons (Fsp3) is 0.600. The number of hydrogen-bond acceptors (Lipinski definition) is 5. The van der Waals surface area contributed by atoms with Gasteiger partial charge in [0.25, 0.3) is 0 Å². The lowest BCUT2D eigenvalue weighted by Gasteiger charge is -2.29. The van der Waals surface area contributed by atoms with Crippen LogP contribution in [-0.2, 0) is 11.3 Å². The Morgan fingerprint density at radius 3 is 3.00 bits per heavy atom. The molecule has 2 unspecified atom stereocenters. The zero-order valence-electron chi connectivity index (χ0n) is 10.6. The van der Waals surface area contributed by atoms with Gasteiger partial charge in [-0.25, -0.2) is 14.6 Å². The summed E-state index contributed by atoms with van der Waals surface area (Å²) >= 11 is 1.46. The normalized spacial score (nSPS) is 22.5. The van der Waals surface area contributed by atoms with Crippen molar-refractivity contribution in [2.24, 2.45) is 0 Å². The summed E-state index contributed by atoms with van der Waals surface area (Å²) in [4.78, 5) is 30.2. The molecule has 0 bridgehead atoms. The van der Waals surface area contributed by atoms with Crippen LogP contribution >= 0.6 is 11.8 Å². The van der Waals surface area contributed by atoms with Gasteiger partial charge in [-0.1, -0.05) is 0 Å². The molecule has 1 aromatic rings. The second-order valence-corrected chi connectivity index (χ2v) is 5.61. The van der Waals surface area contributed by atoms with E-state index < -0.39 is 12.0 Å². The molecule has 19 heavy (non-hydrogen) atoms. The molecule has 2 rings (SSSR count). The van der Waals surface area contributed by atoms with Crippen LogP contribution < -0.4 is 0 Å².